The van der Waals surface area contributed by atoms with Crippen LogP contribution in [0.15, 0.2) is 12.2 Å². The number of hydrogen-bond acceptors (Lipinski definition) is 2. The fourth-order valence-corrected chi connectivity index (χ4v) is 1.64. The van der Waals surface area contributed by atoms with Crippen LogP contribution in [0, 0.1) is 0 Å². The van der Waals surface area contributed by atoms with Crippen molar-refractivity contribution < 1.29 is 9.90 Å². The Hall–Kier alpha value is -0.790. The Labute approximate surface area is 99.7 Å². The fourth-order valence-electron chi connectivity index (χ4n) is 1.64. The second-order valence-electron chi connectivity index (χ2n) is 4.29. The van der Waals surface area contributed by atoms with Crippen molar-refractivity contribution >= 4 is 5.97 Å². The lowest BCUT2D eigenvalue weighted by atomic mass is 10.1. The van der Waals surface area contributed by atoms with Gasteiger partial charge in [0.15, 0.2) is 0 Å². The summed E-state index contributed by atoms with van der Waals surface area (Å²) in [5.41, 5.74) is 0. The predicted octanol–water partition coefficient (Wildman–Crippen LogP) is 3.21. The molecular weight excluding hydrogens is 200 g/mol. The van der Waals surface area contributed by atoms with Crippen molar-refractivity contribution in [3.63, 3.8) is 0 Å². The van der Waals surface area contributed by atoms with Crippen LogP contribution in [0.3, 0.4) is 0 Å². The fraction of sp³-hybridized carbons (Fsp3) is 0.786. The van der Waals surface area contributed by atoms with Crippen LogP contribution < -0.4 is 5.11 Å². The first kappa shape index (κ1) is 15.2. The molecule has 0 saturated carbocycles. The third-order valence-corrected chi connectivity index (χ3v) is 2.62. The van der Waals surface area contributed by atoms with Crippen LogP contribution in [0.2, 0.25) is 0 Å². The number of hydrogen-bond donors (Lipinski definition) is 0. The highest BCUT2D eigenvalue weighted by atomic mass is 16.4. The number of allylic oxidation sites excluding steroid dienone is 2. The van der Waals surface area contributed by atoms with E-state index in [0.29, 0.717) is 0 Å². The Morgan fingerprint density at radius 1 is 0.938 bits per heavy atom. The monoisotopic (exact) mass is 225 g/mol. The molecule has 94 valence electrons. The van der Waals surface area contributed by atoms with Gasteiger partial charge in [0.25, 0.3) is 0 Å². The molecule has 0 unspecified atom stereocenters. The van der Waals surface area contributed by atoms with Crippen LogP contribution in [0.5, 0.6) is 0 Å². The Kier molecular flexibility index (Phi) is 11.7. The second kappa shape index (κ2) is 12.3. The molecule has 0 saturated heterocycles. The quantitative estimate of drug-likeness (QED) is 0.400. The first-order valence-electron chi connectivity index (χ1n) is 6.62. The van der Waals surface area contributed by atoms with E-state index < -0.39 is 5.97 Å². The summed E-state index contributed by atoms with van der Waals surface area (Å²) in [6, 6.07) is 0. The molecule has 0 radical (unpaired) electrons. The third-order valence-electron chi connectivity index (χ3n) is 2.62. The van der Waals surface area contributed by atoms with Crippen LogP contribution in [0.1, 0.15) is 71.1 Å². The minimum Gasteiger partial charge on any atom is -0.550 e. The molecule has 16 heavy (non-hydrogen) atoms. The molecule has 0 N–H and O–H groups in total. The molecule has 0 aromatic carbocycles. The van der Waals surface area contributed by atoms with E-state index in [1.807, 2.05) is 0 Å². The molecule has 0 aliphatic heterocycles. The number of carboxylic acid groups (broad SMARTS) is 1. The number of carbonyl (C=O) groups is 1. The van der Waals surface area contributed by atoms with Crippen molar-refractivity contribution in [3.8, 4) is 0 Å². The van der Waals surface area contributed by atoms with Gasteiger partial charge in [-0.2, -0.15) is 0 Å². The molecule has 0 fully saturated rings. The summed E-state index contributed by atoms with van der Waals surface area (Å²) in [7, 11) is 0. The maximum absolute atomic E-state index is 10.1. The molecule has 0 amide bonds. The zero-order valence-electron chi connectivity index (χ0n) is 10.5. The SMILES string of the molecule is CCC/C=C\CCCCCCCCC(=O)[O-]. The van der Waals surface area contributed by atoms with Crippen LogP contribution >= 0.6 is 0 Å². The highest BCUT2D eigenvalue weighted by Crippen LogP contribution is 2.08. The predicted molar refractivity (Wildman–Crippen MR) is 66.0 cm³/mol. The molecule has 0 bridgehead atoms. The smallest absolute Gasteiger partial charge is 0.0414 e. The molecular formula is C14H25O2-. The maximum atomic E-state index is 10.1. The summed E-state index contributed by atoms with van der Waals surface area (Å²) in [6.45, 7) is 2.19. The molecule has 0 atom stereocenters. The summed E-state index contributed by atoms with van der Waals surface area (Å²) in [5, 5.41) is 10.1. The van der Waals surface area contributed by atoms with Gasteiger partial charge in [0.1, 0.15) is 0 Å². The Morgan fingerprint density at radius 2 is 1.50 bits per heavy atom. The van der Waals surface area contributed by atoms with Crippen LogP contribution in [-0.2, 0) is 4.79 Å². The molecule has 0 heterocycles. The molecule has 0 aliphatic carbocycles. The molecule has 0 aromatic rings. The van der Waals surface area contributed by atoms with Gasteiger partial charge in [-0.1, -0.05) is 51.2 Å². The van der Waals surface area contributed by atoms with Crippen molar-refractivity contribution in [2.24, 2.45) is 0 Å². The number of carbonyl (C=O) groups excluding carboxylic acids is 1. The Balaban J connectivity index is 3.01. The van der Waals surface area contributed by atoms with Crippen LogP contribution in [0.4, 0.5) is 0 Å². The molecule has 2 heteroatoms. The highest BCUT2D eigenvalue weighted by Gasteiger charge is 1.91. The molecule has 0 spiro atoms. The van der Waals surface area contributed by atoms with E-state index in [9.17, 15) is 9.90 Å². The van der Waals surface area contributed by atoms with Gasteiger partial charge in [-0.25, -0.2) is 0 Å². The van der Waals surface area contributed by atoms with Gasteiger partial charge in [0, 0.05) is 5.97 Å². The summed E-state index contributed by atoms with van der Waals surface area (Å²) >= 11 is 0. The lowest BCUT2D eigenvalue weighted by molar-refractivity contribution is -0.305. The lowest BCUT2D eigenvalue weighted by Gasteiger charge is -2.01. The lowest BCUT2D eigenvalue weighted by Crippen LogP contribution is -2.21. The maximum Gasteiger partial charge on any atom is 0.0414 e. The molecule has 2 nitrogen and oxygen atoms in total. The summed E-state index contributed by atoms with van der Waals surface area (Å²) in [4.78, 5) is 10.1. The van der Waals surface area contributed by atoms with Gasteiger partial charge in [0.2, 0.25) is 0 Å². The number of unbranched alkanes of at least 4 members (excludes halogenated alkanes) is 7. The van der Waals surface area contributed by atoms with Crippen molar-refractivity contribution in [2.45, 2.75) is 71.1 Å². The van der Waals surface area contributed by atoms with E-state index in [0.717, 1.165) is 19.3 Å². The van der Waals surface area contributed by atoms with E-state index in [1.54, 1.807) is 0 Å². The molecule has 0 aliphatic rings. The van der Waals surface area contributed by atoms with Crippen LogP contribution in [0.25, 0.3) is 0 Å². The minimum atomic E-state index is -0.916. The summed E-state index contributed by atoms with van der Waals surface area (Å²) < 4.78 is 0. The van der Waals surface area contributed by atoms with E-state index in [1.165, 1.54) is 38.5 Å². The van der Waals surface area contributed by atoms with Gasteiger partial charge in [-0.05, 0) is 32.1 Å². The average molecular weight is 225 g/mol. The Bertz CT molecular complexity index is 185. The van der Waals surface area contributed by atoms with E-state index in [4.69, 9.17) is 0 Å². The minimum absolute atomic E-state index is 0.222. The van der Waals surface area contributed by atoms with Gasteiger partial charge in [-0.15, -0.1) is 0 Å². The largest absolute Gasteiger partial charge is 0.550 e. The van der Waals surface area contributed by atoms with Gasteiger partial charge in [0.05, 0.1) is 0 Å². The van der Waals surface area contributed by atoms with Gasteiger partial charge < -0.3 is 9.90 Å². The standard InChI is InChI=1S/C14H26O2/c1-2-3-4-5-6-7-8-9-10-11-12-13-14(15)16/h4-5H,2-3,6-13H2,1H3,(H,15,16)/p-1/b5-4-. The number of carboxylic acids is 1. The summed E-state index contributed by atoms with van der Waals surface area (Å²) in [5.74, 6) is -0.916. The number of rotatable bonds is 11. The van der Waals surface area contributed by atoms with Crippen molar-refractivity contribution in [2.75, 3.05) is 0 Å². The van der Waals surface area contributed by atoms with E-state index in [-0.39, 0.29) is 6.42 Å². The average Bonchev–Trinajstić information content (AvgIpc) is 2.25. The van der Waals surface area contributed by atoms with Crippen molar-refractivity contribution in [1.29, 1.82) is 0 Å². The van der Waals surface area contributed by atoms with E-state index >= 15 is 0 Å². The van der Waals surface area contributed by atoms with Crippen LogP contribution in [-0.4, -0.2) is 5.97 Å². The number of aliphatic carboxylic acids is 1. The molecule has 0 aromatic heterocycles. The first-order valence-corrected chi connectivity index (χ1v) is 6.62. The normalized spacial score (nSPS) is 11.1. The topological polar surface area (TPSA) is 40.1 Å². The van der Waals surface area contributed by atoms with E-state index in [2.05, 4.69) is 19.1 Å². The van der Waals surface area contributed by atoms with Crippen molar-refractivity contribution in [3.05, 3.63) is 12.2 Å². The van der Waals surface area contributed by atoms with Crippen molar-refractivity contribution in [1.82, 2.24) is 0 Å². The summed E-state index contributed by atoms with van der Waals surface area (Å²) in [6.07, 6.45) is 15.1. The second-order valence-corrected chi connectivity index (χ2v) is 4.29. The van der Waals surface area contributed by atoms with Gasteiger partial charge >= 0.3 is 0 Å². The highest BCUT2D eigenvalue weighted by molar-refractivity contribution is 5.63. The van der Waals surface area contributed by atoms with Gasteiger partial charge in [-0.3, -0.25) is 0 Å². The zero-order valence-corrected chi connectivity index (χ0v) is 10.5. The molecule has 0 rings (SSSR count). The first-order chi connectivity index (χ1) is 7.77. The third kappa shape index (κ3) is 13.2. The zero-order chi connectivity index (χ0) is 12.1. The Morgan fingerprint density at radius 3 is 2.12 bits per heavy atom.